The van der Waals surface area contributed by atoms with Gasteiger partial charge in [-0.05, 0) is 30.7 Å². The Morgan fingerprint density at radius 2 is 1.79 bits per heavy atom. The van der Waals surface area contributed by atoms with Gasteiger partial charge in [0, 0.05) is 12.8 Å². The number of carbonyl (C=O) groups is 2. The Labute approximate surface area is 163 Å². The third kappa shape index (κ3) is 5.22. The lowest BCUT2D eigenvalue weighted by atomic mass is 10.2. The molecule has 0 aliphatic carbocycles. The summed E-state index contributed by atoms with van der Waals surface area (Å²) in [7, 11) is 0. The van der Waals surface area contributed by atoms with Crippen LogP contribution in [-0.2, 0) is 20.7 Å². The molecule has 0 aliphatic heterocycles. The summed E-state index contributed by atoms with van der Waals surface area (Å²) in [5.74, 6) is -2.93. The molecule has 0 atom stereocenters. The van der Waals surface area contributed by atoms with Gasteiger partial charge in [0.25, 0.3) is 11.5 Å². The van der Waals surface area contributed by atoms with E-state index in [0.29, 0.717) is 29.6 Å². The van der Waals surface area contributed by atoms with Gasteiger partial charge in [-0.2, -0.15) is 0 Å². The van der Waals surface area contributed by atoms with Crippen LogP contribution in [0.5, 0.6) is 0 Å². The molecule has 0 aliphatic rings. The average molecular weight is 401 g/mol. The van der Waals surface area contributed by atoms with Crippen molar-refractivity contribution in [3.8, 4) is 0 Å². The van der Waals surface area contributed by atoms with Gasteiger partial charge < -0.3 is 15.0 Å². The standard InChI is InChI=1S/C20H17F2N3O4/c21-13-6-3-7-14(22)19(13)25-17(26)11-29-18(27)10-4-9-16-23-15-8-2-1-5-12(15)20(28)24-16/h1-3,5-8H,4,9-11H2,(H,25,26)(H,23,24,28). The van der Waals surface area contributed by atoms with E-state index in [9.17, 15) is 23.2 Å². The van der Waals surface area contributed by atoms with Crippen molar-refractivity contribution in [1.29, 1.82) is 0 Å². The molecule has 0 saturated heterocycles. The lowest BCUT2D eigenvalue weighted by molar-refractivity contribution is -0.147. The first kappa shape index (κ1) is 20.1. The molecule has 1 amide bonds. The smallest absolute Gasteiger partial charge is 0.306 e. The third-order valence-corrected chi connectivity index (χ3v) is 4.05. The van der Waals surface area contributed by atoms with Gasteiger partial charge in [0.15, 0.2) is 6.61 Å². The van der Waals surface area contributed by atoms with Gasteiger partial charge in [-0.3, -0.25) is 14.4 Å². The lowest BCUT2D eigenvalue weighted by Gasteiger charge is -2.08. The molecule has 9 heteroatoms. The highest BCUT2D eigenvalue weighted by molar-refractivity contribution is 5.93. The SMILES string of the molecule is O=C(COC(=O)CCCc1nc2ccccc2c(=O)[nH]1)Nc1c(F)cccc1F. The molecule has 0 saturated carbocycles. The second-order valence-electron chi connectivity index (χ2n) is 6.19. The number of para-hydroxylation sites is 2. The second-order valence-corrected chi connectivity index (χ2v) is 6.19. The largest absolute Gasteiger partial charge is 0.456 e. The van der Waals surface area contributed by atoms with Crippen LogP contribution in [0.2, 0.25) is 0 Å². The van der Waals surface area contributed by atoms with Crippen LogP contribution in [0.1, 0.15) is 18.7 Å². The van der Waals surface area contributed by atoms with Crippen LogP contribution in [0, 0.1) is 11.6 Å². The minimum Gasteiger partial charge on any atom is -0.456 e. The molecule has 0 fully saturated rings. The van der Waals surface area contributed by atoms with Gasteiger partial charge in [-0.1, -0.05) is 18.2 Å². The van der Waals surface area contributed by atoms with Crippen LogP contribution in [0.25, 0.3) is 10.9 Å². The minimum atomic E-state index is -0.929. The summed E-state index contributed by atoms with van der Waals surface area (Å²) in [6.45, 7) is -0.669. The van der Waals surface area contributed by atoms with Gasteiger partial charge >= 0.3 is 5.97 Å². The van der Waals surface area contributed by atoms with Crippen LogP contribution in [0.15, 0.2) is 47.3 Å². The maximum absolute atomic E-state index is 13.5. The minimum absolute atomic E-state index is 0.0160. The third-order valence-electron chi connectivity index (χ3n) is 4.05. The van der Waals surface area contributed by atoms with E-state index in [0.717, 1.165) is 18.2 Å². The summed E-state index contributed by atoms with van der Waals surface area (Å²) in [5.41, 5.74) is -0.295. The summed E-state index contributed by atoms with van der Waals surface area (Å²) in [6.07, 6.45) is 0.656. The van der Waals surface area contributed by atoms with Crippen molar-refractivity contribution in [3.05, 3.63) is 70.3 Å². The Kier molecular flexibility index (Phi) is 6.28. The number of aromatic amines is 1. The lowest BCUT2D eigenvalue weighted by Crippen LogP contribution is -2.22. The van der Waals surface area contributed by atoms with E-state index in [4.69, 9.17) is 4.74 Å². The van der Waals surface area contributed by atoms with Crippen molar-refractivity contribution in [2.45, 2.75) is 19.3 Å². The molecule has 0 spiro atoms. The fourth-order valence-corrected chi connectivity index (χ4v) is 2.66. The highest BCUT2D eigenvalue weighted by atomic mass is 19.1. The van der Waals surface area contributed by atoms with Crippen LogP contribution in [0.4, 0.5) is 14.5 Å². The first-order valence-electron chi connectivity index (χ1n) is 8.81. The fourth-order valence-electron chi connectivity index (χ4n) is 2.66. The highest BCUT2D eigenvalue weighted by Crippen LogP contribution is 2.17. The number of amides is 1. The molecule has 150 valence electrons. The monoisotopic (exact) mass is 401 g/mol. The Bertz CT molecular complexity index is 1090. The number of nitrogens with zero attached hydrogens (tertiary/aromatic N) is 1. The van der Waals surface area contributed by atoms with Crippen LogP contribution in [-0.4, -0.2) is 28.5 Å². The Balaban J connectivity index is 1.46. The molecule has 0 unspecified atom stereocenters. The van der Waals surface area contributed by atoms with Gasteiger partial charge in [0.05, 0.1) is 10.9 Å². The van der Waals surface area contributed by atoms with Crippen molar-refractivity contribution in [2.24, 2.45) is 0 Å². The molecule has 3 rings (SSSR count). The van der Waals surface area contributed by atoms with Crippen molar-refractivity contribution >= 4 is 28.5 Å². The zero-order valence-corrected chi connectivity index (χ0v) is 15.2. The van der Waals surface area contributed by atoms with Gasteiger partial charge in [0.2, 0.25) is 0 Å². The van der Waals surface area contributed by atoms with Gasteiger partial charge in [-0.15, -0.1) is 0 Å². The summed E-state index contributed by atoms with van der Waals surface area (Å²) >= 11 is 0. The number of hydrogen-bond donors (Lipinski definition) is 2. The number of halogens is 2. The van der Waals surface area contributed by atoms with Crippen molar-refractivity contribution in [2.75, 3.05) is 11.9 Å². The summed E-state index contributed by atoms with van der Waals surface area (Å²) in [4.78, 5) is 42.4. The van der Waals surface area contributed by atoms with Crippen LogP contribution < -0.4 is 10.9 Å². The molecular formula is C20H17F2N3O4. The number of aromatic nitrogens is 2. The number of hydrogen-bond acceptors (Lipinski definition) is 5. The molecule has 0 bridgehead atoms. The number of nitrogens with one attached hydrogen (secondary N) is 2. The quantitative estimate of drug-likeness (QED) is 0.593. The van der Waals surface area contributed by atoms with E-state index in [-0.39, 0.29) is 12.0 Å². The zero-order chi connectivity index (χ0) is 20.8. The Hall–Kier alpha value is -3.62. The summed E-state index contributed by atoms with van der Waals surface area (Å²) in [6, 6.07) is 10.1. The molecule has 2 aromatic carbocycles. The maximum Gasteiger partial charge on any atom is 0.306 e. The first-order valence-corrected chi connectivity index (χ1v) is 8.81. The van der Waals surface area contributed by atoms with Gasteiger partial charge in [0.1, 0.15) is 23.1 Å². The number of esters is 1. The predicted molar refractivity (Wildman–Crippen MR) is 101 cm³/mol. The molecule has 2 N–H and O–H groups in total. The summed E-state index contributed by atoms with van der Waals surface area (Å²) in [5, 5.41) is 2.50. The second kappa shape index (κ2) is 9.05. The number of fused-ring (bicyclic) bond motifs is 1. The Morgan fingerprint density at radius 3 is 2.55 bits per heavy atom. The van der Waals surface area contributed by atoms with E-state index in [1.807, 2.05) is 5.32 Å². The molecule has 29 heavy (non-hydrogen) atoms. The first-order chi connectivity index (χ1) is 13.9. The number of carbonyl (C=O) groups excluding carboxylic acids is 2. The van der Waals surface area contributed by atoms with E-state index in [2.05, 4.69) is 9.97 Å². The van der Waals surface area contributed by atoms with E-state index in [1.165, 1.54) is 0 Å². The van der Waals surface area contributed by atoms with Crippen LogP contribution >= 0.6 is 0 Å². The van der Waals surface area contributed by atoms with Crippen molar-refractivity contribution in [1.82, 2.24) is 9.97 Å². The molecule has 1 aromatic heterocycles. The van der Waals surface area contributed by atoms with Crippen LogP contribution in [0.3, 0.4) is 0 Å². The average Bonchev–Trinajstić information content (AvgIpc) is 2.69. The van der Waals surface area contributed by atoms with Gasteiger partial charge in [-0.25, -0.2) is 13.8 Å². The molecule has 7 nitrogen and oxygen atoms in total. The molecular weight excluding hydrogens is 384 g/mol. The van der Waals surface area contributed by atoms with Crippen molar-refractivity contribution < 1.29 is 23.1 Å². The van der Waals surface area contributed by atoms with E-state index >= 15 is 0 Å². The normalized spacial score (nSPS) is 10.7. The maximum atomic E-state index is 13.5. The number of ether oxygens (including phenoxy) is 1. The number of aryl methyl sites for hydroxylation is 1. The number of H-pyrrole nitrogens is 1. The number of anilines is 1. The highest BCUT2D eigenvalue weighted by Gasteiger charge is 2.14. The topological polar surface area (TPSA) is 101 Å². The summed E-state index contributed by atoms with van der Waals surface area (Å²) < 4.78 is 31.7. The zero-order valence-electron chi connectivity index (χ0n) is 15.2. The number of benzene rings is 2. The van der Waals surface area contributed by atoms with E-state index in [1.54, 1.807) is 24.3 Å². The molecule has 0 radical (unpaired) electrons. The molecule has 3 aromatic rings. The van der Waals surface area contributed by atoms with E-state index < -0.39 is 35.8 Å². The fraction of sp³-hybridized carbons (Fsp3) is 0.200. The van der Waals surface area contributed by atoms with Crippen molar-refractivity contribution in [3.63, 3.8) is 0 Å². The number of rotatable bonds is 7. The predicted octanol–water partition coefficient (Wildman–Crippen LogP) is 2.71. The molecule has 1 heterocycles. The Morgan fingerprint density at radius 1 is 1.07 bits per heavy atom.